The van der Waals surface area contributed by atoms with Crippen LogP contribution >= 0.6 is 0 Å². The minimum atomic E-state index is -0.283. The van der Waals surface area contributed by atoms with Crippen LogP contribution in [0.15, 0.2) is 51.9 Å². The molecule has 0 atom stereocenters. The molecule has 152 valence electrons. The van der Waals surface area contributed by atoms with Crippen LogP contribution in [0.5, 0.6) is 23.0 Å². The fourth-order valence-electron chi connectivity index (χ4n) is 3.79. The molecule has 3 aromatic rings. The summed E-state index contributed by atoms with van der Waals surface area (Å²) in [5.74, 6) is 1.18. The molecule has 0 radical (unpaired) electrons. The normalized spacial score (nSPS) is 15.2. The number of methoxy groups -OCH3 is 1. The second-order valence-electron chi connectivity index (χ2n) is 7.31. The zero-order valence-electron chi connectivity index (χ0n) is 16.5. The van der Waals surface area contributed by atoms with Crippen LogP contribution < -0.4 is 14.9 Å². The quantitative estimate of drug-likeness (QED) is 0.677. The Morgan fingerprint density at radius 1 is 1.00 bits per heavy atom. The van der Waals surface area contributed by atoms with Gasteiger partial charge < -0.3 is 19.0 Å². The van der Waals surface area contributed by atoms with Crippen molar-refractivity contribution in [1.29, 1.82) is 0 Å². The molecular formula is C23H25NO5. The predicted octanol–water partition coefficient (Wildman–Crippen LogP) is 4.68. The van der Waals surface area contributed by atoms with Gasteiger partial charge in [-0.05, 0) is 50.2 Å². The largest absolute Gasteiger partial charge is 0.507 e. The van der Waals surface area contributed by atoms with Gasteiger partial charge in [0.25, 0.3) is 0 Å². The van der Waals surface area contributed by atoms with Crippen LogP contribution in [0.3, 0.4) is 0 Å². The Morgan fingerprint density at radius 3 is 2.45 bits per heavy atom. The number of nitrogens with zero attached hydrogens (tertiary/aromatic N) is 1. The maximum Gasteiger partial charge on any atom is 0.235 e. The van der Waals surface area contributed by atoms with E-state index in [1.807, 2.05) is 6.07 Å². The van der Waals surface area contributed by atoms with E-state index in [4.69, 9.17) is 13.9 Å². The molecule has 2 aromatic carbocycles. The molecule has 1 aromatic heterocycles. The summed E-state index contributed by atoms with van der Waals surface area (Å²) in [6, 6.07) is 10.3. The molecule has 0 bridgehead atoms. The maximum atomic E-state index is 13.0. The van der Waals surface area contributed by atoms with Gasteiger partial charge in [0.2, 0.25) is 11.2 Å². The number of aromatic hydroxyl groups is 1. The minimum Gasteiger partial charge on any atom is -0.507 e. The topological polar surface area (TPSA) is 72.1 Å². The molecule has 1 aliphatic rings. The van der Waals surface area contributed by atoms with Gasteiger partial charge in [-0.3, -0.25) is 9.69 Å². The van der Waals surface area contributed by atoms with E-state index in [2.05, 4.69) is 4.90 Å². The van der Waals surface area contributed by atoms with Gasteiger partial charge in [-0.1, -0.05) is 25.0 Å². The number of phenolic OH excluding ortho intramolecular Hbond substituents is 1. The summed E-state index contributed by atoms with van der Waals surface area (Å²) < 4.78 is 16.9. The number of rotatable bonds is 5. The van der Waals surface area contributed by atoms with Crippen LogP contribution in [0.2, 0.25) is 0 Å². The maximum absolute atomic E-state index is 13.0. The minimum absolute atomic E-state index is 0.0772. The molecule has 1 saturated heterocycles. The lowest BCUT2D eigenvalue weighted by Crippen LogP contribution is -2.24. The van der Waals surface area contributed by atoms with Gasteiger partial charge in [0, 0.05) is 6.54 Å². The molecule has 1 N–H and O–H groups in total. The fourth-order valence-corrected chi connectivity index (χ4v) is 3.79. The average Bonchev–Trinajstić information content (AvgIpc) is 3.01. The van der Waals surface area contributed by atoms with Crippen LogP contribution in [0, 0.1) is 0 Å². The Labute approximate surface area is 169 Å². The van der Waals surface area contributed by atoms with E-state index in [0.29, 0.717) is 34.6 Å². The molecule has 0 aliphatic carbocycles. The molecule has 29 heavy (non-hydrogen) atoms. The first-order valence-electron chi connectivity index (χ1n) is 9.97. The zero-order chi connectivity index (χ0) is 20.2. The van der Waals surface area contributed by atoms with Gasteiger partial charge >= 0.3 is 0 Å². The van der Waals surface area contributed by atoms with Gasteiger partial charge in [0.05, 0.1) is 18.1 Å². The molecule has 0 unspecified atom stereocenters. The number of para-hydroxylation sites is 2. The third-order valence-corrected chi connectivity index (χ3v) is 5.36. The second-order valence-corrected chi connectivity index (χ2v) is 7.31. The fraction of sp³-hybridized carbons (Fsp3) is 0.348. The monoisotopic (exact) mass is 395 g/mol. The Hall–Kier alpha value is -2.99. The summed E-state index contributed by atoms with van der Waals surface area (Å²) in [6.07, 6.45) is 6.06. The van der Waals surface area contributed by atoms with E-state index in [1.54, 1.807) is 37.4 Å². The third-order valence-electron chi connectivity index (χ3n) is 5.36. The number of hydrogen-bond acceptors (Lipinski definition) is 6. The van der Waals surface area contributed by atoms with E-state index in [1.165, 1.54) is 19.1 Å². The summed E-state index contributed by atoms with van der Waals surface area (Å²) in [5.41, 5.74) is 0.770. The van der Waals surface area contributed by atoms with E-state index in [0.717, 1.165) is 25.9 Å². The highest BCUT2D eigenvalue weighted by molar-refractivity contribution is 5.83. The summed E-state index contributed by atoms with van der Waals surface area (Å²) in [7, 11) is 1.54. The number of ether oxygens (including phenoxy) is 2. The van der Waals surface area contributed by atoms with Gasteiger partial charge in [-0.15, -0.1) is 0 Å². The molecule has 4 rings (SSSR count). The van der Waals surface area contributed by atoms with Crippen molar-refractivity contribution in [3.63, 3.8) is 0 Å². The van der Waals surface area contributed by atoms with Crippen LogP contribution in [-0.4, -0.2) is 30.2 Å². The molecule has 1 aliphatic heterocycles. The van der Waals surface area contributed by atoms with Crippen molar-refractivity contribution in [3.8, 4) is 23.0 Å². The smallest absolute Gasteiger partial charge is 0.235 e. The Morgan fingerprint density at radius 2 is 1.72 bits per heavy atom. The van der Waals surface area contributed by atoms with Crippen LogP contribution in [0.1, 0.15) is 31.2 Å². The highest BCUT2D eigenvalue weighted by Gasteiger charge is 2.19. The molecule has 0 saturated carbocycles. The summed E-state index contributed by atoms with van der Waals surface area (Å²) in [4.78, 5) is 15.3. The van der Waals surface area contributed by atoms with E-state index in [9.17, 15) is 9.90 Å². The van der Waals surface area contributed by atoms with Crippen molar-refractivity contribution in [2.75, 3.05) is 20.2 Å². The Bertz CT molecular complexity index is 1050. The first-order chi connectivity index (χ1) is 14.2. The standard InChI is InChI=1S/C23H25NO5/c1-27-19-8-4-5-9-20(19)29-21-15-28-23-16(22(21)26)10-11-18(25)17(23)14-24-12-6-2-3-7-13-24/h4-5,8-11,15,25H,2-3,6-7,12-14H2,1H3. The van der Waals surface area contributed by atoms with Crippen molar-refractivity contribution in [2.45, 2.75) is 32.2 Å². The van der Waals surface area contributed by atoms with E-state index >= 15 is 0 Å². The van der Waals surface area contributed by atoms with Crippen molar-refractivity contribution in [1.82, 2.24) is 4.90 Å². The molecule has 2 heterocycles. The number of fused-ring (bicyclic) bond motifs is 1. The highest BCUT2D eigenvalue weighted by Crippen LogP contribution is 2.32. The van der Waals surface area contributed by atoms with Crippen molar-refractivity contribution in [3.05, 3.63) is 58.4 Å². The molecule has 1 fully saturated rings. The Kier molecular flexibility index (Phi) is 5.71. The van der Waals surface area contributed by atoms with Crippen LogP contribution in [-0.2, 0) is 6.54 Å². The molecule has 0 amide bonds. The van der Waals surface area contributed by atoms with Gasteiger partial charge in [0.15, 0.2) is 11.5 Å². The van der Waals surface area contributed by atoms with E-state index < -0.39 is 0 Å². The zero-order valence-corrected chi connectivity index (χ0v) is 16.5. The third kappa shape index (κ3) is 4.07. The number of likely N-dealkylation sites (tertiary alicyclic amines) is 1. The van der Waals surface area contributed by atoms with Crippen molar-refractivity contribution < 1.29 is 19.0 Å². The molecule has 6 heteroatoms. The van der Waals surface area contributed by atoms with Gasteiger partial charge in [0.1, 0.15) is 17.6 Å². The first kappa shape index (κ1) is 19.3. The summed E-state index contributed by atoms with van der Waals surface area (Å²) >= 11 is 0. The lowest BCUT2D eigenvalue weighted by atomic mass is 10.1. The average molecular weight is 395 g/mol. The van der Waals surface area contributed by atoms with Gasteiger partial charge in [-0.2, -0.15) is 0 Å². The first-order valence-corrected chi connectivity index (χ1v) is 9.97. The summed E-state index contributed by atoms with van der Waals surface area (Å²) in [6.45, 7) is 2.52. The highest BCUT2D eigenvalue weighted by atomic mass is 16.5. The van der Waals surface area contributed by atoms with Crippen LogP contribution in [0.25, 0.3) is 11.0 Å². The number of hydrogen-bond donors (Lipinski definition) is 1. The Balaban J connectivity index is 1.70. The number of benzene rings is 2. The van der Waals surface area contributed by atoms with E-state index in [-0.39, 0.29) is 16.9 Å². The van der Waals surface area contributed by atoms with Gasteiger partial charge in [-0.25, -0.2) is 0 Å². The van der Waals surface area contributed by atoms with Crippen molar-refractivity contribution in [2.24, 2.45) is 0 Å². The summed E-state index contributed by atoms with van der Waals surface area (Å²) in [5, 5.41) is 10.8. The van der Waals surface area contributed by atoms with Crippen LogP contribution in [0.4, 0.5) is 0 Å². The molecule has 6 nitrogen and oxygen atoms in total. The predicted molar refractivity (Wildman–Crippen MR) is 111 cm³/mol. The molecule has 0 spiro atoms. The lowest BCUT2D eigenvalue weighted by molar-refractivity contribution is 0.272. The second kappa shape index (κ2) is 8.57. The SMILES string of the molecule is COc1ccccc1Oc1coc2c(CN3CCCCCC3)c(O)ccc2c1=O. The van der Waals surface area contributed by atoms with Crippen molar-refractivity contribution >= 4 is 11.0 Å². The number of phenols is 1. The lowest BCUT2D eigenvalue weighted by Gasteiger charge is -2.21. The molecular weight excluding hydrogens is 370 g/mol.